The van der Waals surface area contributed by atoms with Crippen molar-refractivity contribution in [3.05, 3.63) is 58.6 Å². The number of hydrogen-bond donors (Lipinski definition) is 3. The number of hydrogen-bond acceptors (Lipinski definition) is 4. The first-order valence-electron chi connectivity index (χ1n) is 8.71. The van der Waals surface area contributed by atoms with Crippen molar-refractivity contribution in [3.8, 4) is 0 Å². The van der Waals surface area contributed by atoms with Crippen LogP contribution in [-0.2, 0) is 20.4 Å². The highest BCUT2D eigenvalue weighted by atomic mass is 79.9. The Labute approximate surface area is 172 Å². The molecule has 0 aliphatic heterocycles. The Morgan fingerprint density at radius 3 is 2.25 bits per heavy atom. The van der Waals surface area contributed by atoms with Gasteiger partial charge in [-0.05, 0) is 54.8 Å². The van der Waals surface area contributed by atoms with E-state index < -0.39 is 21.5 Å². The normalized spacial score (nSPS) is 13.6. The van der Waals surface area contributed by atoms with Crippen LogP contribution >= 0.6 is 15.9 Å². The molecule has 148 valence electrons. The SMILES string of the molecule is O=C(CS(=O)(=O)Cc1cccc(Br)c1)Nc1ccc(NC(=O)NC2CC2)cc1. The molecule has 0 radical (unpaired) electrons. The number of halogens is 1. The monoisotopic (exact) mass is 465 g/mol. The van der Waals surface area contributed by atoms with Gasteiger partial charge in [-0.2, -0.15) is 0 Å². The number of nitrogens with one attached hydrogen (secondary N) is 3. The molecule has 1 aliphatic rings. The minimum atomic E-state index is -3.60. The summed E-state index contributed by atoms with van der Waals surface area (Å²) in [6, 6.07) is 13.4. The van der Waals surface area contributed by atoms with Crippen LogP contribution in [0, 0.1) is 0 Å². The lowest BCUT2D eigenvalue weighted by atomic mass is 10.2. The zero-order chi connectivity index (χ0) is 20.1. The molecule has 1 fully saturated rings. The zero-order valence-electron chi connectivity index (χ0n) is 14.9. The Morgan fingerprint density at radius 1 is 1.00 bits per heavy atom. The molecule has 2 aromatic carbocycles. The largest absolute Gasteiger partial charge is 0.335 e. The lowest BCUT2D eigenvalue weighted by Gasteiger charge is -2.09. The van der Waals surface area contributed by atoms with E-state index >= 15 is 0 Å². The van der Waals surface area contributed by atoms with Gasteiger partial charge in [0.1, 0.15) is 5.75 Å². The van der Waals surface area contributed by atoms with Crippen LogP contribution in [0.25, 0.3) is 0 Å². The maximum absolute atomic E-state index is 12.2. The molecule has 28 heavy (non-hydrogen) atoms. The number of carbonyl (C=O) groups excluding carboxylic acids is 2. The first-order valence-corrected chi connectivity index (χ1v) is 11.3. The Balaban J connectivity index is 1.51. The minimum Gasteiger partial charge on any atom is -0.335 e. The van der Waals surface area contributed by atoms with E-state index in [0.717, 1.165) is 17.3 Å². The molecular weight excluding hydrogens is 446 g/mol. The topological polar surface area (TPSA) is 104 Å². The van der Waals surface area contributed by atoms with Crippen molar-refractivity contribution >= 4 is 49.1 Å². The van der Waals surface area contributed by atoms with Crippen molar-refractivity contribution in [2.75, 3.05) is 16.4 Å². The number of sulfone groups is 1. The average molecular weight is 466 g/mol. The highest BCUT2D eigenvalue weighted by Gasteiger charge is 2.23. The third kappa shape index (κ3) is 6.65. The van der Waals surface area contributed by atoms with Gasteiger partial charge in [0.25, 0.3) is 0 Å². The van der Waals surface area contributed by atoms with E-state index in [0.29, 0.717) is 16.9 Å². The molecule has 0 bridgehead atoms. The van der Waals surface area contributed by atoms with E-state index in [4.69, 9.17) is 0 Å². The summed E-state index contributed by atoms with van der Waals surface area (Å²) in [7, 11) is -3.60. The molecular formula is C19H20BrN3O4S. The second-order valence-electron chi connectivity index (χ2n) is 6.66. The predicted molar refractivity (Wildman–Crippen MR) is 112 cm³/mol. The van der Waals surface area contributed by atoms with Gasteiger partial charge >= 0.3 is 6.03 Å². The van der Waals surface area contributed by atoms with Crippen LogP contribution in [0.15, 0.2) is 53.0 Å². The summed E-state index contributed by atoms with van der Waals surface area (Å²) in [5.74, 6) is -1.43. The summed E-state index contributed by atoms with van der Waals surface area (Å²) in [4.78, 5) is 23.8. The fourth-order valence-electron chi connectivity index (χ4n) is 2.55. The Hall–Kier alpha value is -2.39. The number of carbonyl (C=O) groups is 2. The third-order valence-electron chi connectivity index (χ3n) is 3.97. The standard InChI is InChI=1S/C19H20BrN3O4S/c20-14-3-1-2-13(10-14)11-28(26,27)12-18(24)21-15-4-6-16(7-5-15)22-19(25)23-17-8-9-17/h1-7,10,17H,8-9,11-12H2,(H,21,24)(H2,22,23,25). The molecule has 7 nitrogen and oxygen atoms in total. The molecule has 0 spiro atoms. The van der Waals surface area contributed by atoms with E-state index in [-0.39, 0.29) is 17.8 Å². The van der Waals surface area contributed by atoms with Gasteiger partial charge in [0.15, 0.2) is 9.84 Å². The molecule has 0 heterocycles. The summed E-state index contributed by atoms with van der Waals surface area (Å²) in [5, 5.41) is 8.07. The van der Waals surface area contributed by atoms with Crippen molar-refractivity contribution < 1.29 is 18.0 Å². The maximum atomic E-state index is 12.2. The summed E-state index contributed by atoms with van der Waals surface area (Å²) in [6.07, 6.45) is 2.01. The van der Waals surface area contributed by atoms with Crippen molar-refractivity contribution in [3.63, 3.8) is 0 Å². The Kier molecular flexibility index (Phi) is 6.35. The van der Waals surface area contributed by atoms with E-state index in [9.17, 15) is 18.0 Å². The van der Waals surface area contributed by atoms with Crippen molar-refractivity contribution in [1.82, 2.24) is 5.32 Å². The Bertz CT molecular complexity index is 973. The number of rotatable bonds is 7. The molecule has 3 amide bonds. The second-order valence-corrected chi connectivity index (χ2v) is 9.64. The van der Waals surface area contributed by atoms with Crippen molar-refractivity contribution in [2.24, 2.45) is 0 Å². The van der Waals surface area contributed by atoms with Gasteiger partial charge in [-0.25, -0.2) is 13.2 Å². The highest BCUT2D eigenvalue weighted by molar-refractivity contribution is 9.10. The molecule has 0 atom stereocenters. The zero-order valence-corrected chi connectivity index (χ0v) is 17.3. The fraction of sp³-hybridized carbons (Fsp3) is 0.263. The summed E-state index contributed by atoms with van der Waals surface area (Å²) < 4.78 is 25.3. The molecule has 3 rings (SSSR count). The van der Waals surface area contributed by atoms with Crippen LogP contribution < -0.4 is 16.0 Å². The van der Waals surface area contributed by atoms with E-state index in [2.05, 4.69) is 31.9 Å². The summed E-state index contributed by atoms with van der Waals surface area (Å²) in [5.41, 5.74) is 1.65. The van der Waals surface area contributed by atoms with Crippen LogP contribution in [0.4, 0.5) is 16.2 Å². The van der Waals surface area contributed by atoms with E-state index in [1.165, 1.54) is 0 Å². The van der Waals surface area contributed by atoms with Gasteiger partial charge in [0, 0.05) is 21.9 Å². The van der Waals surface area contributed by atoms with Crippen molar-refractivity contribution in [2.45, 2.75) is 24.6 Å². The highest BCUT2D eigenvalue weighted by Crippen LogP contribution is 2.19. The molecule has 0 unspecified atom stereocenters. The lowest BCUT2D eigenvalue weighted by Crippen LogP contribution is -2.30. The summed E-state index contributed by atoms with van der Waals surface area (Å²) in [6.45, 7) is 0. The number of benzene rings is 2. The lowest BCUT2D eigenvalue weighted by molar-refractivity contribution is -0.113. The molecule has 3 N–H and O–H groups in total. The van der Waals surface area contributed by atoms with Crippen LogP contribution in [-0.4, -0.2) is 32.2 Å². The molecule has 0 aromatic heterocycles. The predicted octanol–water partition coefficient (Wildman–Crippen LogP) is 3.29. The van der Waals surface area contributed by atoms with Crippen LogP contribution in [0.5, 0.6) is 0 Å². The third-order valence-corrected chi connectivity index (χ3v) is 5.93. The molecule has 1 saturated carbocycles. The van der Waals surface area contributed by atoms with E-state index in [1.54, 1.807) is 48.5 Å². The second kappa shape index (κ2) is 8.74. The van der Waals surface area contributed by atoms with Crippen LogP contribution in [0.1, 0.15) is 18.4 Å². The minimum absolute atomic E-state index is 0.210. The van der Waals surface area contributed by atoms with Crippen molar-refractivity contribution in [1.29, 1.82) is 0 Å². The number of urea groups is 1. The first kappa shape index (κ1) is 20.3. The fourth-order valence-corrected chi connectivity index (χ4v) is 4.25. The van der Waals surface area contributed by atoms with Gasteiger partial charge in [0.2, 0.25) is 5.91 Å². The van der Waals surface area contributed by atoms with Gasteiger partial charge in [-0.15, -0.1) is 0 Å². The van der Waals surface area contributed by atoms with Crippen LogP contribution in [0.2, 0.25) is 0 Å². The molecule has 1 aliphatic carbocycles. The number of anilines is 2. The average Bonchev–Trinajstić information content (AvgIpc) is 3.39. The number of amides is 3. The molecule has 0 saturated heterocycles. The quantitative estimate of drug-likeness (QED) is 0.583. The Morgan fingerprint density at radius 2 is 1.64 bits per heavy atom. The van der Waals surface area contributed by atoms with Gasteiger partial charge in [-0.1, -0.05) is 28.1 Å². The molecule has 9 heteroatoms. The van der Waals surface area contributed by atoms with Crippen LogP contribution in [0.3, 0.4) is 0 Å². The summed E-state index contributed by atoms with van der Waals surface area (Å²) >= 11 is 3.30. The maximum Gasteiger partial charge on any atom is 0.319 e. The smallest absolute Gasteiger partial charge is 0.319 e. The van der Waals surface area contributed by atoms with Gasteiger partial charge in [-0.3, -0.25) is 4.79 Å². The van der Waals surface area contributed by atoms with Gasteiger partial charge in [0.05, 0.1) is 5.75 Å². The van der Waals surface area contributed by atoms with E-state index in [1.807, 2.05) is 0 Å². The first-order chi connectivity index (χ1) is 13.3. The molecule has 2 aromatic rings. The van der Waals surface area contributed by atoms with Gasteiger partial charge < -0.3 is 16.0 Å².